The fourth-order valence-corrected chi connectivity index (χ4v) is 4.09. The van der Waals surface area contributed by atoms with Crippen molar-refractivity contribution in [3.63, 3.8) is 0 Å². The highest BCUT2D eigenvalue weighted by Crippen LogP contribution is 2.19. The number of quaternary nitrogens is 1. The summed E-state index contributed by atoms with van der Waals surface area (Å²) in [6.45, 7) is 4.23. The van der Waals surface area contributed by atoms with Crippen molar-refractivity contribution in [3.8, 4) is 0 Å². The fraction of sp³-hybridized carbons (Fsp3) is 0.588. The Kier molecular flexibility index (Phi) is 6.77. The zero-order valence-electron chi connectivity index (χ0n) is 14.5. The molecule has 1 aromatic rings. The van der Waals surface area contributed by atoms with E-state index in [2.05, 4.69) is 10.0 Å². The van der Waals surface area contributed by atoms with Gasteiger partial charge in [0.2, 0.25) is 10.0 Å². The van der Waals surface area contributed by atoms with Crippen LogP contribution >= 0.6 is 0 Å². The van der Waals surface area contributed by atoms with Crippen LogP contribution in [0.5, 0.6) is 0 Å². The van der Waals surface area contributed by atoms with Crippen LogP contribution in [0, 0.1) is 6.92 Å². The van der Waals surface area contributed by atoms with Gasteiger partial charge in [0.1, 0.15) is 0 Å². The molecule has 3 N–H and O–H groups in total. The molecular formula is C17H28N3O3S+. The molecule has 0 unspecified atom stereocenters. The van der Waals surface area contributed by atoms with E-state index in [0.29, 0.717) is 17.8 Å². The van der Waals surface area contributed by atoms with E-state index < -0.39 is 10.0 Å². The number of carbonyl (C=O) groups excluding carboxylic acids is 1. The first-order valence-electron chi connectivity index (χ1n) is 8.60. The van der Waals surface area contributed by atoms with Gasteiger partial charge in [-0.25, -0.2) is 13.1 Å². The lowest BCUT2D eigenvalue weighted by Gasteiger charge is -2.21. The van der Waals surface area contributed by atoms with E-state index in [9.17, 15) is 13.2 Å². The molecule has 0 radical (unpaired) electrons. The van der Waals surface area contributed by atoms with Crippen LogP contribution in [-0.2, 0) is 14.8 Å². The normalized spacial score (nSPS) is 17.1. The summed E-state index contributed by atoms with van der Waals surface area (Å²) in [6, 6.07) is 4.97. The molecule has 24 heavy (non-hydrogen) atoms. The van der Waals surface area contributed by atoms with Gasteiger partial charge in [-0.3, -0.25) is 4.79 Å². The monoisotopic (exact) mass is 354 g/mol. The van der Waals surface area contributed by atoms with Gasteiger partial charge in [-0.1, -0.05) is 12.5 Å². The molecule has 0 atom stereocenters. The average Bonchev–Trinajstić information content (AvgIpc) is 2.51. The lowest BCUT2D eigenvalue weighted by Crippen LogP contribution is -3.13. The smallest absolute Gasteiger partial charge is 0.279 e. The molecule has 134 valence electrons. The number of nitrogens with one attached hydrogen (secondary N) is 3. The molecule has 1 aliphatic rings. The van der Waals surface area contributed by atoms with Crippen molar-refractivity contribution in [2.75, 3.05) is 32.0 Å². The number of likely N-dealkylation sites (tertiary alicyclic amines) is 1. The molecule has 0 bridgehead atoms. The van der Waals surface area contributed by atoms with E-state index >= 15 is 0 Å². The lowest BCUT2D eigenvalue weighted by molar-refractivity contribution is -0.892. The van der Waals surface area contributed by atoms with Gasteiger partial charge in [0.25, 0.3) is 5.91 Å². The van der Waals surface area contributed by atoms with E-state index in [1.807, 2.05) is 0 Å². The van der Waals surface area contributed by atoms with E-state index in [1.54, 1.807) is 19.1 Å². The number of sulfonamides is 1. The lowest BCUT2D eigenvalue weighted by atomic mass is 10.1. The SMILES string of the molecule is CNS(=O)(=O)c1cc(NC(=O)C[NH+]2CCCCCCC2)ccc1C. The Bertz CT molecular complexity index is 666. The highest BCUT2D eigenvalue weighted by molar-refractivity contribution is 7.89. The maximum atomic E-state index is 12.3. The standard InChI is InChI=1S/C17H27N3O3S/c1-14-8-9-15(12-16(14)24(22,23)18-2)19-17(21)13-20-10-6-4-3-5-7-11-20/h8-9,12,18H,3-7,10-11,13H2,1-2H3,(H,19,21)/p+1. The number of benzene rings is 1. The minimum Gasteiger partial charge on any atom is -0.327 e. The molecule has 1 fully saturated rings. The third-order valence-corrected chi connectivity index (χ3v) is 6.06. The van der Waals surface area contributed by atoms with Crippen molar-refractivity contribution in [1.82, 2.24) is 4.72 Å². The second kappa shape index (κ2) is 8.60. The molecular weight excluding hydrogens is 326 g/mol. The quantitative estimate of drug-likeness (QED) is 0.728. The van der Waals surface area contributed by atoms with Gasteiger partial charge in [0.15, 0.2) is 6.54 Å². The molecule has 2 rings (SSSR count). The van der Waals surface area contributed by atoms with Crippen LogP contribution < -0.4 is 14.9 Å². The van der Waals surface area contributed by atoms with Crippen LogP contribution in [-0.4, -0.2) is 41.0 Å². The van der Waals surface area contributed by atoms with Gasteiger partial charge in [-0.05, 0) is 57.4 Å². The first-order valence-corrected chi connectivity index (χ1v) is 10.1. The molecule has 1 amide bonds. The Labute approximate surface area is 144 Å². The Morgan fingerprint density at radius 2 is 1.75 bits per heavy atom. The minimum absolute atomic E-state index is 0.0674. The van der Waals surface area contributed by atoms with Crippen LogP contribution in [0.4, 0.5) is 5.69 Å². The van der Waals surface area contributed by atoms with Crippen LogP contribution in [0.15, 0.2) is 23.1 Å². The summed E-state index contributed by atoms with van der Waals surface area (Å²) < 4.78 is 26.4. The van der Waals surface area contributed by atoms with Crippen molar-refractivity contribution in [1.29, 1.82) is 0 Å². The summed E-state index contributed by atoms with van der Waals surface area (Å²) in [5.41, 5.74) is 1.17. The summed E-state index contributed by atoms with van der Waals surface area (Å²) >= 11 is 0. The van der Waals surface area contributed by atoms with Gasteiger partial charge >= 0.3 is 0 Å². The minimum atomic E-state index is -3.53. The summed E-state index contributed by atoms with van der Waals surface area (Å²) in [6.07, 6.45) is 6.11. The zero-order chi connectivity index (χ0) is 17.6. The largest absolute Gasteiger partial charge is 0.327 e. The first kappa shape index (κ1) is 18.9. The number of carbonyl (C=O) groups is 1. The van der Waals surface area contributed by atoms with Gasteiger partial charge in [-0.2, -0.15) is 0 Å². The second-order valence-corrected chi connectivity index (χ2v) is 8.29. The highest BCUT2D eigenvalue weighted by Gasteiger charge is 2.18. The van der Waals surface area contributed by atoms with Gasteiger partial charge in [0, 0.05) is 5.69 Å². The average molecular weight is 354 g/mol. The molecule has 1 aromatic carbocycles. The number of aryl methyl sites for hydroxylation is 1. The molecule has 0 aliphatic carbocycles. The fourth-order valence-electron chi connectivity index (χ4n) is 3.09. The summed E-state index contributed by atoms with van der Waals surface area (Å²) in [5.74, 6) is -0.0674. The topological polar surface area (TPSA) is 79.7 Å². The molecule has 6 nitrogen and oxygen atoms in total. The summed E-state index contributed by atoms with van der Waals surface area (Å²) in [5, 5.41) is 2.84. The molecule has 0 saturated carbocycles. The van der Waals surface area contributed by atoms with Gasteiger partial charge < -0.3 is 10.2 Å². The number of hydrogen-bond donors (Lipinski definition) is 3. The van der Waals surface area contributed by atoms with E-state index in [-0.39, 0.29) is 10.8 Å². The Morgan fingerprint density at radius 3 is 2.38 bits per heavy atom. The molecule has 0 aromatic heterocycles. The first-order chi connectivity index (χ1) is 11.4. The van der Waals surface area contributed by atoms with Crippen molar-refractivity contribution in [3.05, 3.63) is 23.8 Å². The van der Waals surface area contributed by atoms with Gasteiger partial charge in [-0.15, -0.1) is 0 Å². The van der Waals surface area contributed by atoms with Crippen molar-refractivity contribution >= 4 is 21.6 Å². The molecule has 1 saturated heterocycles. The van der Waals surface area contributed by atoms with E-state index in [4.69, 9.17) is 0 Å². The Hall–Kier alpha value is -1.44. The van der Waals surface area contributed by atoms with Crippen molar-refractivity contribution in [2.45, 2.75) is 43.9 Å². The Balaban J connectivity index is 2.02. The number of amides is 1. The highest BCUT2D eigenvalue weighted by atomic mass is 32.2. The van der Waals surface area contributed by atoms with Crippen LogP contribution in [0.1, 0.15) is 37.7 Å². The number of rotatable bonds is 5. The third kappa shape index (κ3) is 5.29. The predicted molar refractivity (Wildman–Crippen MR) is 94.7 cm³/mol. The van der Waals surface area contributed by atoms with E-state index in [0.717, 1.165) is 25.9 Å². The van der Waals surface area contributed by atoms with Crippen LogP contribution in [0.3, 0.4) is 0 Å². The number of anilines is 1. The maximum Gasteiger partial charge on any atom is 0.279 e. The summed E-state index contributed by atoms with van der Waals surface area (Å²) in [4.78, 5) is 13.8. The maximum absolute atomic E-state index is 12.3. The molecule has 0 spiro atoms. The van der Waals surface area contributed by atoms with Gasteiger partial charge in [0.05, 0.1) is 18.0 Å². The van der Waals surface area contributed by atoms with Crippen LogP contribution in [0.2, 0.25) is 0 Å². The third-order valence-electron chi connectivity index (χ3n) is 4.50. The molecule has 1 heterocycles. The Morgan fingerprint density at radius 1 is 1.12 bits per heavy atom. The molecule has 7 heteroatoms. The van der Waals surface area contributed by atoms with Crippen molar-refractivity contribution in [2.24, 2.45) is 0 Å². The predicted octanol–water partition coefficient (Wildman–Crippen LogP) is 0.691. The van der Waals surface area contributed by atoms with E-state index in [1.165, 1.54) is 37.3 Å². The van der Waals surface area contributed by atoms with Crippen LogP contribution in [0.25, 0.3) is 0 Å². The van der Waals surface area contributed by atoms with Crippen molar-refractivity contribution < 1.29 is 18.1 Å². The zero-order valence-corrected chi connectivity index (χ0v) is 15.3. The summed E-state index contributed by atoms with van der Waals surface area (Å²) in [7, 11) is -2.15. The molecule has 1 aliphatic heterocycles. The number of hydrogen-bond acceptors (Lipinski definition) is 3. The second-order valence-electron chi connectivity index (χ2n) is 6.43.